The number of aromatic nitrogens is 1. The minimum absolute atomic E-state index is 0.0846. The highest BCUT2D eigenvalue weighted by Gasteiger charge is 2.36. The first-order valence-corrected chi connectivity index (χ1v) is 14.3. The van der Waals surface area contributed by atoms with Crippen molar-refractivity contribution >= 4 is 34.5 Å². The molecule has 4 aromatic rings. The van der Waals surface area contributed by atoms with Gasteiger partial charge in [-0.3, -0.25) is 4.79 Å². The van der Waals surface area contributed by atoms with E-state index in [9.17, 15) is 4.79 Å². The van der Waals surface area contributed by atoms with Crippen molar-refractivity contribution in [2.75, 3.05) is 34.7 Å². The van der Waals surface area contributed by atoms with Gasteiger partial charge in [0.05, 0.1) is 32.4 Å². The molecule has 2 aliphatic heterocycles. The van der Waals surface area contributed by atoms with Crippen LogP contribution < -0.4 is 23.7 Å². The number of benzene rings is 3. The van der Waals surface area contributed by atoms with Gasteiger partial charge in [0.1, 0.15) is 5.75 Å². The third-order valence-corrected chi connectivity index (χ3v) is 8.51. The van der Waals surface area contributed by atoms with Gasteiger partial charge in [0.15, 0.2) is 23.0 Å². The van der Waals surface area contributed by atoms with Crippen molar-refractivity contribution in [3.63, 3.8) is 0 Å². The molecule has 218 valence electrons. The van der Waals surface area contributed by atoms with Crippen LogP contribution in [-0.4, -0.2) is 50.5 Å². The number of hydrogen-bond acceptors (Lipinski definition) is 6. The lowest BCUT2D eigenvalue weighted by molar-refractivity contribution is -0.130. The van der Waals surface area contributed by atoms with E-state index in [-0.39, 0.29) is 24.7 Å². The van der Waals surface area contributed by atoms with Crippen LogP contribution in [0.1, 0.15) is 35.3 Å². The number of rotatable bonds is 8. The molecular weight excluding hydrogens is 556 g/mol. The number of hydrogen-bond donors (Lipinski definition) is 1. The Balaban J connectivity index is 1.35. The summed E-state index contributed by atoms with van der Waals surface area (Å²) in [7, 11) is 4.77. The second-order valence-electron chi connectivity index (χ2n) is 10.6. The van der Waals surface area contributed by atoms with Crippen molar-refractivity contribution in [2.45, 2.75) is 25.8 Å². The molecule has 6 rings (SSSR count). The van der Waals surface area contributed by atoms with Crippen molar-refractivity contribution in [3.05, 3.63) is 82.0 Å². The lowest BCUT2D eigenvalue weighted by Crippen LogP contribution is -2.42. The molecule has 0 saturated heterocycles. The van der Waals surface area contributed by atoms with E-state index in [2.05, 4.69) is 24.0 Å². The third-order valence-electron chi connectivity index (χ3n) is 8.12. The summed E-state index contributed by atoms with van der Waals surface area (Å²) in [6, 6.07) is 15.5. The van der Waals surface area contributed by atoms with Crippen LogP contribution in [0.25, 0.3) is 17.0 Å². The van der Waals surface area contributed by atoms with E-state index in [1.54, 1.807) is 32.4 Å². The first-order valence-electron chi connectivity index (χ1n) is 13.9. The molecule has 1 amide bonds. The van der Waals surface area contributed by atoms with Crippen LogP contribution in [0, 0.1) is 5.92 Å². The van der Waals surface area contributed by atoms with Gasteiger partial charge in [0.2, 0.25) is 12.7 Å². The number of amides is 1. The van der Waals surface area contributed by atoms with Gasteiger partial charge in [-0.2, -0.15) is 0 Å². The lowest BCUT2D eigenvalue weighted by Gasteiger charge is -2.39. The lowest BCUT2D eigenvalue weighted by atomic mass is 9.85. The number of H-pyrrole nitrogens is 1. The number of nitrogens with zero attached hydrogens (tertiary/aromatic N) is 1. The fraction of sp³-hybridized carbons (Fsp3) is 0.303. The second kappa shape index (κ2) is 11.5. The summed E-state index contributed by atoms with van der Waals surface area (Å²) in [4.78, 5) is 19.5. The quantitative estimate of drug-likeness (QED) is 0.234. The van der Waals surface area contributed by atoms with Gasteiger partial charge in [0, 0.05) is 29.2 Å². The van der Waals surface area contributed by atoms with Gasteiger partial charge in [-0.15, -0.1) is 0 Å². The van der Waals surface area contributed by atoms with E-state index in [4.69, 9.17) is 35.3 Å². The summed E-state index contributed by atoms with van der Waals surface area (Å²) in [6.45, 7) is 3.00. The molecule has 0 radical (unpaired) electrons. The van der Waals surface area contributed by atoms with E-state index >= 15 is 0 Å². The summed E-state index contributed by atoms with van der Waals surface area (Å²) < 4.78 is 27.4. The molecule has 3 aromatic carbocycles. The van der Waals surface area contributed by atoms with Crippen LogP contribution in [-0.2, 0) is 17.6 Å². The first-order chi connectivity index (χ1) is 20.4. The summed E-state index contributed by atoms with van der Waals surface area (Å²) in [5.74, 6) is 3.27. The van der Waals surface area contributed by atoms with Gasteiger partial charge in [-0.1, -0.05) is 24.6 Å². The minimum atomic E-state index is -0.185. The average Bonchev–Trinajstić information content (AvgIpc) is 3.63. The molecule has 9 heteroatoms. The molecule has 1 aromatic heterocycles. The number of nitrogens with one attached hydrogen (secondary N) is 1. The maximum absolute atomic E-state index is 13.9. The van der Waals surface area contributed by atoms with Gasteiger partial charge in [-0.05, 0) is 84.0 Å². The Morgan fingerprint density at radius 3 is 2.69 bits per heavy atom. The summed E-state index contributed by atoms with van der Waals surface area (Å²) in [5, 5.41) is 1.52. The number of methoxy groups -OCH3 is 3. The number of aromatic amines is 1. The van der Waals surface area contributed by atoms with E-state index < -0.39 is 0 Å². The molecule has 8 nitrogen and oxygen atoms in total. The molecule has 0 aliphatic carbocycles. The number of ether oxygens (including phenoxy) is 5. The zero-order chi connectivity index (χ0) is 29.4. The van der Waals surface area contributed by atoms with Crippen molar-refractivity contribution < 1.29 is 28.5 Å². The Labute approximate surface area is 249 Å². The van der Waals surface area contributed by atoms with Crippen LogP contribution in [0.4, 0.5) is 0 Å². The van der Waals surface area contributed by atoms with E-state index in [1.165, 1.54) is 12.7 Å². The van der Waals surface area contributed by atoms with E-state index in [1.807, 2.05) is 35.2 Å². The zero-order valence-electron chi connectivity index (χ0n) is 24.0. The monoisotopic (exact) mass is 588 g/mol. The minimum Gasteiger partial charge on any atom is -0.497 e. The van der Waals surface area contributed by atoms with Gasteiger partial charge in [0.25, 0.3) is 0 Å². The highest BCUT2D eigenvalue weighted by Crippen LogP contribution is 2.42. The first kappa shape index (κ1) is 27.8. The molecule has 3 heterocycles. The standard InChI is InChI=1S/C33H33ClN2O6/c1-19(15-20-5-10-26-28(16-20)42-18-41-26)32-31-23(24-17-22(38-2)8-9-25(24)35-31)13-14-36(32)29(37)12-7-21-6-11-27(39-3)33(40-4)30(21)34/h5-12,16-17,19,32,35H,13-15,18H2,1-4H3/b12-7+. The molecule has 0 fully saturated rings. The van der Waals surface area contributed by atoms with Crippen molar-refractivity contribution in [3.8, 4) is 28.7 Å². The van der Waals surface area contributed by atoms with Gasteiger partial charge < -0.3 is 33.6 Å². The predicted molar refractivity (Wildman–Crippen MR) is 162 cm³/mol. The van der Waals surface area contributed by atoms with Crippen molar-refractivity contribution in [1.82, 2.24) is 9.88 Å². The Kier molecular flexibility index (Phi) is 7.64. The molecule has 0 spiro atoms. The van der Waals surface area contributed by atoms with Crippen LogP contribution in [0.2, 0.25) is 5.02 Å². The molecule has 0 saturated carbocycles. The topological polar surface area (TPSA) is 82.3 Å². The highest BCUT2D eigenvalue weighted by atomic mass is 35.5. The van der Waals surface area contributed by atoms with Gasteiger partial charge >= 0.3 is 0 Å². The smallest absolute Gasteiger partial charge is 0.247 e. The van der Waals surface area contributed by atoms with E-state index in [0.717, 1.165) is 52.3 Å². The molecule has 42 heavy (non-hydrogen) atoms. The van der Waals surface area contributed by atoms with Crippen molar-refractivity contribution in [2.24, 2.45) is 5.92 Å². The summed E-state index contributed by atoms with van der Waals surface area (Å²) >= 11 is 6.59. The average molecular weight is 589 g/mol. The Morgan fingerprint density at radius 1 is 1.07 bits per heavy atom. The number of carbonyl (C=O) groups excluding carboxylic acids is 1. The molecule has 2 unspecified atom stereocenters. The van der Waals surface area contributed by atoms with Crippen LogP contribution in [0.5, 0.6) is 28.7 Å². The van der Waals surface area contributed by atoms with E-state index in [0.29, 0.717) is 28.6 Å². The maximum Gasteiger partial charge on any atom is 0.247 e. The second-order valence-corrected chi connectivity index (χ2v) is 10.9. The molecule has 2 atom stereocenters. The molecule has 0 bridgehead atoms. The van der Waals surface area contributed by atoms with Crippen LogP contribution >= 0.6 is 11.6 Å². The molecule has 1 N–H and O–H groups in total. The van der Waals surface area contributed by atoms with Crippen LogP contribution in [0.3, 0.4) is 0 Å². The third kappa shape index (κ3) is 5.00. The number of fused-ring (bicyclic) bond motifs is 4. The normalized spacial score (nSPS) is 16.5. The number of carbonyl (C=O) groups is 1. The number of halogens is 1. The largest absolute Gasteiger partial charge is 0.497 e. The highest BCUT2D eigenvalue weighted by molar-refractivity contribution is 6.33. The predicted octanol–water partition coefficient (Wildman–Crippen LogP) is 6.59. The fourth-order valence-electron chi connectivity index (χ4n) is 6.10. The zero-order valence-corrected chi connectivity index (χ0v) is 24.8. The van der Waals surface area contributed by atoms with Gasteiger partial charge in [-0.25, -0.2) is 0 Å². The Hall–Kier alpha value is -4.30. The van der Waals surface area contributed by atoms with Crippen LogP contribution in [0.15, 0.2) is 54.6 Å². The molecule has 2 aliphatic rings. The Morgan fingerprint density at radius 2 is 1.90 bits per heavy atom. The SMILES string of the molecule is COc1ccc2[nH]c3c(c2c1)CCN(C(=O)/C=C/c1ccc(OC)c(OC)c1Cl)C3C(C)Cc1ccc2c(c1)OCO2. The Bertz CT molecular complexity index is 1680. The van der Waals surface area contributed by atoms with Crippen molar-refractivity contribution in [1.29, 1.82) is 0 Å². The molecular formula is C33H33ClN2O6. The summed E-state index contributed by atoms with van der Waals surface area (Å²) in [6.07, 6.45) is 4.79. The fourth-order valence-corrected chi connectivity index (χ4v) is 6.40. The maximum atomic E-state index is 13.9. The summed E-state index contributed by atoms with van der Waals surface area (Å²) in [5.41, 5.74) is 5.11.